The molecule has 0 bridgehead atoms. The third-order valence-electron chi connectivity index (χ3n) is 1.01. The molecule has 2 heteroatoms. The third-order valence-corrected chi connectivity index (χ3v) is 1.01. The molecule has 0 aliphatic rings. The fraction of sp³-hybridized carbons (Fsp3) is 0.143. The zero-order valence-corrected chi connectivity index (χ0v) is 6.65. The van der Waals surface area contributed by atoms with Gasteiger partial charge in [0.05, 0.1) is 0 Å². The summed E-state index contributed by atoms with van der Waals surface area (Å²) in [6.45, 7) is 0. The van der Waals surface area contributed by atoms with Crippen molar-refractivity contribution in [2.45, 2.75) is 0 Å². The van der Waals surface area contributed by atoms with E-state index in [1.807, 2.05) is 31.3 Å². The second-order valence-electron chi connectivity index (χ2n) is 1.54. The quantitative estimate of drug-likeness (QED) is 0.609. The maximum atomic E-state index is 3.01. The minimum absolute atomic E-state index is 0. The summed E-state index contributed by atoms with van der Waals surface area (Å²) in [6, 6.07) is 10.6. The van der Waals surface area contributed by atoms with Crippen LogP contribution < -0.4 is 5.32 Å². The van der Waals surface area contributed by atoms with Crippen LogP contribution in [0.5, 0.6) is 0 Å². The van der Waals surface area contributed by atoms with E-state index in [2.05, 4.69) is 11.4 Å². The van der Waals surface area contributed by atoms with Crippen molar-refractivity contribution in [3.63, 3.8) is 0 Å². The maximum Gasteiger partial charge on any atom is 2.00 e. The van der Waals surface area contributed by atoms with Gasteiger partial charge in [0, 0.05) is 7.05 Å². The topological polar surface area (TPSA) is 12.0 Å². The van der Waals surface area contributed by atoms with Gasteiger partial charge in [-0.1, -0.05) is 5.69 Å². The van der Waals surface area contributed by atoms with Crippen LogP contribution in [0.2, 0.25) is 0 Å². The first kappa shape index (κ1) is 8.60. The Labute approximate surface area is 67.4 Å². The third kappa shape index (κ3) is 2.59. The van der Waals surface area contributed by atoms with Crippen LogP contribution in [0.4, 0.5) is 5.69 Å². The van der Waals surface area contributed by atoms with Gasteiger partial charge in [-0.05, 0) is 0 Å². The predicted molar refractivity (Wildman–Crippen MR) is 34.8 cm³/mol. The van der Waals surface area contributed by atoms with E-state index in [1.165, 1.54) is 0 Å². The molecule has 1 nitrogen and oxygen atoms in total. The molecule has 1 N–H and O–H groups in total. The van der Waals surface area contributed by atoms with Crippen LogP contribution >= 0.6 is 0 Å². The first-order chi connectivity index (χ1) is 3.93. The van der Waals surface area contributed by atoms with Gasteiger partial charge in [-0.2, -0.15) is 18.2 Å². The zero-order valence-electron chi connectivity index (χ0n) is 5.26. The molecule has 1 rings (SSSR count). The number of rotatable bonds is 1. The van der Waals surface area contributed by atoms with E-state index >= 15 is 0 Å². The summed E-state index contributed by atoms with van der Waals surface area (Å²) in [5.41, 5.74) is 1.13. The number of hydrogen-bond acceptors (Lipinski definition) is 1. The first-order valence-electron chi connectivity index (χ1n) is 2.57. The molecule has 0 fully saturated rings. The van der Waals surface area contributed by atoms with E-state index in [1.54, 1.807) is 0 Å². The van der Waals surface area contributed by atoms with E-state index in [-0.39, 0.29) is 18.6 Å². The van der Waals surface area contributed by atoms with Crippen molar-refractivity contribution in [3.8, 4) is 0 Å². The van der Waals surface area contributed by atoms with Crippen LogP contribution in [0.25, 0.3) is 0 Å². The summed E-state index contributed by atoms with van der Waals surface area (Å²) in [5, 5.41) is 3.01. The van der Waals surface area contributed by atoms with Crippen LogP contribution in [0.1, 0.15) is 0 Å². The van der Waals surface area contributed by atoms with Gasteiger partial charge in [-0.3, -0.25) is 0 Å². The van der Waals surface area contributed by atoms with Gasteiger partial charge in [0.15, 0.2) is 0 Å². The first-order valence-corrected chi connectivity index (χ1v) is 2.57. The molecule has 0 aromatic heterocycles. The van der Waals surface area contributed by atoms with Crippen LogP contribution in [-0.2, 0) is 18.6 Å². The molecule has 0 atom stereocenters. The molecule has 1 aromatic rings. The summed E-state index contributed by atoms with van der Waals surface area (Å²) < 4.78 is 0. The average Bonchev–Trinajstić information content (AvgIpc) is 1.90. The Hall–Kier alpha value is -0.396. The standard InChI is InChI=1S/C7H8N.V/c1-8-7-5-3-2-4-6-7;/h3-6,8H,1H3;/q-1;+2. The van der Waals surface area contributed by atoms with Crippen molar-refractivity contribution < 1.29 is 18.6 Å². The van der Waals surface area contributed by atoms with Gasteiger partial charge in [-0.25, -0.2) is 0 Å². The van der Waals surface area contributed by atoms with E-state index in [4.69, 9.17) is 0 Å². The fourth-order valence-electron chi connectivity index (χ4n) is 0.554. The van der Waals surface area contributed by atoms with Crippen LogP contribution in [0.15, 0.2) is 24.3 Å². The molecule has 0 saturated heterocycles. The number of anilines is 1. The number of nitrogens with one attached hydrogen (secondary N) is 1. The Kier molecular flexibility index (Phi) is 4.28. The van der Waals surface area contributed by atoms with E-state index in [9.17, 15) is 0 Å². The fourth-order valence-corrected chi connectivity index (χ4v) is 0.554. The summed E-state index contributed by atoms with van der Waals surface area (Å²) >= 11 is 0. The molecule has 0 aliphatic carbocycles. The molecule has 45 valence electrons. The summed E-state index contributed by atoms with van der Waals surface area (Å²) in [6.07, 6.45) is 0. The van der Waals surface area contributed by atoms with E-state index in [0.717, 1.165) is 5.69 Å². The van der Waals surface area contributed by atoms with Crippen molar-refractivity contribution in [1.82, 2.24) is 0 Å². The largest absolute Gasteiger partial charge is 2.00 e. The Morgan fingerprint density at radius 2 is 1.89 bits per heavy atom. The van der Waals surface area contributed by atoms with Crippen molar-refractivity contribution in [2.75, 3.05) is 12.4 Å². The van der Waals surface area contributed by atoms with Crippen LogP contribution in [0.3, 0.4) is 0 Å². The van der Waals surface area contributed by atoms with Crippen LogP contribution in [-0.4, -0.2) is 7.05 Å². The molecule has 1 radical (unpaired) electrons. The minimum Gasteiger partial charge on any atom is -0.409 e. The Balaban J connectivity index is 0.000000640. The molecule has 9 heavy (non-hydrogen) atoms. The van der Waals surface area contributed by atoms with Gasteiger partial charge >= 0.3 is 18.6 Å². The summed E-state index contributed by atoms with van der Waals surface area (Å²) in [5.74, 6) is 0. The molecule has 0 saturated carbocycles. The second-order valence-corrected chi connectivity index (χ2v) is 1.54. The smallest absolute Gasteiger partial charge is 0.409 e. The van der Waals surface area contributed by atoms with Gasteiger partial charge in [-0.15, -0.1) is 12.1 Å². The zero-order chi connectivity index (χ0) is 5.82. The number of hydrogen-bond donors (Lipinski definition) is 1. The SMILES string of the molecule is CNc1cc[c-]cc1.[V+2]. The molecule has 0 unspecified atom stereocenters. The van der Waals surface area contributed by atoms with E-state index < -0.39 is 0 Å². The molecule has 0 spiro atoms. The van der Waals surface area contributed by atoms with Crippen molar-refractivity contribution in [1.29, 1.82) is 0 Å². The molecule has 0 amide bonds. The van der Waals surface area contributed by atoms with E-state index in [0.29, 0.717) is 0 Å². The average molecular weight is 157 g/mol. The maximum absolute atomic E-state index is 3.01. The minimum atomic E-state index is 0. The Morgan fingerprint density at radius 1 is 1.33 bits per heavy atom. The summed E-state index contributed by atoms with van der Waals surface area (Å²) in [4.78, 5) is 0. The van der Waals surface area contributed by atoms with Gasteiger partial charge in [0.2, 0.25) is 0 Å². The Morgan fingerprint density at radius 3 is 2.22 bits per heavy atom. The molecule has 1 aromatic carbocycles. The molecular weight excluding hydrogens is 149 g/mol. The van der Waals surface area contributed by atoms with Gasteiger partial charge in [0.25, 0.3) is 0 Å². The van der Waals surface area contributed by atoms with Crippen molar-refractivity contribution >= 4 is 5.69 Å². The summed E-state index contributed by atoms with van der Waals surface area (Å²) in [7, 11) is 1.90. The van der Waals surface area contributed by atoms with Crippen molar-refractivity contribution in [3.05, 3.63) is 30.3 Å². The monoisotopic (exact) mass is 157 g/mol. The van der Waals surface area contributed by atoms with Crippen LogP contribution in [0, 0.1) is 6.07 Å². The normalized spacial score (nSPS) is 7.67. The van der Waals surface area contributed by atoms with Gasteiger partial charge < -0.3 is 5.32 Å². The van der Waals surface area contributed by atoms with Crippen molar-refractivity contribution in [2.24, 2.45) is 0 Å². The molecule has 0 aliphatic heterocycles. The van der Waals surface area contributed by atoms with Gasteiger partial charge in [0.1, 0.15) is 0 Å². The number of benzene rings is 1. The molecule has 0 heterocycles. The molecular formula is C7H8NV+. The second kappa shape index (κ2) is 4.48. The predicted octanol–water partition coefficient (Wildman–Crippen LogP) is 1.53. The Bertz CT molecular complexity index is 150.